The van der Waals surface area contributed by atoms with Crippen molar-refractivity contribution in [3.05, 3.63) is 51.9 Å². The Kier molecular flexibility index (Phi) is 5.79. The zero-order valence-corrected chi connectivity index (χ0v) is 16.5. The van der Waals surface area contributed by atoms with Crippen LogP contribution in [0, 0.1) is 5.41 Å². The van der Waals surface area contributed by atoms with E-state index in [2.05, 4.69) is 36.0 Å². The van der Waals surface area contributed by atoms with E-state index >= 15 is 0 Å². The molecule has 0 radical (unpaired) electrons. The molecule has 150 valence electrons. The lowest BCUT2D eigenvalue weighted by molar-refractivity contribution is -0.157. The van der Waals surface area contributed by atoms with E-state index in [1.165, 1.54) is 0 Å². The molecule has 3 N–H and O–H groups in total. The van der Waals surface area contributed by atoms with Crippen LogP contribution in [0.15, 0.2) is 35.1 Å². The number of aromatic amines is 1. The number of hydrogen-bond donors (Lipinski definition) is 2. The molecular weight excluding hydrogens is 358 g/mol. The lowest BCUT2D eigenvalue weighted by atomic mass is 9.87. The summed E-state index contributed by atoms with van der Waals surface area (Å²) in [7, 11) is 0. The van der Waals surface area contributed by atoms with Gasteiger partial charge in [0.05, 0.1) is 12.6 Å². The molecule has 0 saturated carbocycles. The fourth-order valence-corrected chi connectivity index (χ4v) is 3.21. The standard InChI is InChI=1S/C20H27N5O3/c1-20(2,3)16-12-25(11-15(28-16)13-7-5-4-6-8-13)17(26)10-9-14-18(27)22-19(21)24-23-14/h4-8,15-16H,9-12H2,1-3H3,(H3,21,22,24,27)/t15-,16+/m0/s1. The number of benzene rings is 1. The van der Waals surface area contributed by atoms with Crippen LogP contribution < -0.4 is 11.3 Å². The van der Waals surface area contributed by atoms with Gasteiger partial charge in [-0.25, -0.2) is 0 Å². The van der Waals surface area contributed by atoms with Gasteiger partial charge in [0.15, 0.2) is 0 Å². The third-order valence-corrected chi connectivity index (χ3v) is 4.95. The second-order valence-electron chi connectivity index (χ2n) is 8.17. The van der Waals surface area contributed by atoms with Crippen LogP contribution in [0.4, 0.5) is 5.95 Å². The van der Waals surface area contributed by atoms with Crippen LogP contribution in [0.3, 0.4) is 0 Å². The van der Waals surface area contributed by atoms with E-state index < -0.39 is 5.56 Å². The van der Waals surface area contributed by atoms with Gasteiger partial charge >= 0.3 is 0 Å². The third kappa shape index (κ3) is 4.75. The topological polar surface area (TPSA) is 114 Å². The molecule has 0 spiro atoms. The molecule has 1 saturated heterocycles. The maximum Gasteiger partial charge on any atom is 0.274 e. The molecule has 1 fully saturated rings. The van der Waals surface area contributed by atoms with Crippen LogP contribution in [-0.2, 0) is 16.0 Å². The van der Waals surface area contributed by atoms with Crippen molar-refractivity contribution in [2.24, 2.45) is 5.41 Å². The van der Waals surface area contributed by atoms with Gasteiger partial charge in [-0.2, -0.15) is 0 Å². The molecule has 3 rings (SSSR count). The number of nitrogens with zero attached hydrogens (tertiary/aromatic N) is 3. The quantitative estimate of drug-likeness (QED) is 0.828. The van der Waals surface area contributed by atoms with Gasteiger partial charge in [-0.05, 0) is 11.0 Å². The number of morpholine rings is 1. The van der Waals surface area contributed by atoms with Crippen molar-refractivity contribution < 1.29 is 9.53 Å². The lowest BCUT2D eigenvalue weighted by Crippen LogP contribution is -2.51. The summed E-state index contributed by atoms with van der Waals surface area (Å²) in [6.07, 6.45) is 0.132. The van der Waals surface area contributed by atoms with Crippen molar-refractivity contribution in [3.63, 3.8) is 0 Å². The van der Waals surface area contributed by atoms with E-state index in [0.29, 0.717) is 13.1 Å². The Morgan fingerprint density at radius 1 is 1.25 bits per heavy atom. The van der Waals surface area contributed by atoms with E-state index in [1.807, 2.05) is 35.2 Å². The predicted octanol–water partition coefficient (Wildman–Crippen LogP) is 1.69. The van der Waals surface area contributed by atoms with E-state index in [9.17, 15) is 9.59 Å². The maximum atomic E-state index is 12.9. The minimum absolute atomic E-state index is 0.0310. The number of nitrogens with one attached hydrogen (secondary N) is 1. The first-order valence-corrected chi connectivity index (χ1v) is 9.43. The molecule has 0 unspecified atom stereocenters. The molecule has 28 heavy (non-hydrogen) atoms. The third-order valence-electron chi connectivity index (χ3n) is 4.95. The fraction of sp³-hybridized carbons (Fsp3) is 0.500. The molecular formula is C20H27N5O3. The number of nitrogen functional groups attached to an aromatic ring is 1. The van der Waals surface area contributed by atoms with Crippen LogP contribution in [0.2, 0.25) is 0 Å². The predicted molar refractivity (Wildman–Crippen MR) is 105 cm³/mol. The van der Waals surface area contributed by atoms with Crippen molar-refractivity contribution in [1.82, 2.24) is 20.1 Å². The average molecular weight is 385 g/mol. The smallest absolute Gasteiger partial charge is 0.274 e. The molecule has 2 aromatic rings. The Morgan fingerprint density at radius 3 is 2.61 bits per heavy atom. The zero-order chi connectivity index (χ0) is 20.3. The molecule has 1 aliphatic heterocycles. The Labute approximate surface area is 164 Å². The van der Waals surface area contributed by atoms with E-state index in [4.69, 9.17) is 10.5 Å². The monoisotopic (exact) mass is 385 g/mol. The van der Waals surface area contributed by atoms with Crippen LogP contribution in [0.1, 0.15) is 44.6 Å². The number of hydrogen-bond acceptors (Lipinski definition) is 6. The lowest BCUT2D eigenvalue weighted by Gasteiger charge is -2.43. The van der Waals surface area contributed by atoms with Crippen molar-refractivity contribution in [1.29, 1.82) is 0 Å². The maximum absolute atomic E-state index is 12.9. The molecule has 2 heterocycles. The number of carbonyl (C=O) groups excluding carboxylic acids is 1. The Hall–Kier alpha value is -2.74. The number of anilines is 1. The van der Waals surface area contributed by atoms with E-state index in [1.54, 1.807) is 0 Å². The number of aromatic nitrogens is 3. The average Bonchev–Trinajstić information content (AvgIpc) is 2.66. The minimum atomic E-state index is -0.406. The summed E-state index contributed by atoms with van der Waals surface area (Å²) < 4.78 is 6.33. The first kappa shape index (κ1) is 20.0. The first-order valence-electron chi connectivity index (χ1n) is 9.43. The molecule has 1 aromatic carbocycles. The van der Waals surface area contributed by atoms with E-state index in [0.717, 1.165) is 5.56 Å². The Morgan fingerprint density at radius 2 is 1.96 bits per heavy atom. The van der Waals surface area contributed by atoms with Crippen molar-refractivity contribution >= 4 is 11.9 Å². The van der Waals surface area contributed by atoms with Crippen LogP contribution in [-0.4, -0.2) is 45.2 Å². The highest BCUT2D eigenvalue weighted by Crippen LogP contribution is 2.33. The summed E-state index contributed by atoms with van der Waals surface area (Å²) in [5, 5.41) is 7.45. The summed E-state index contributed by atoms with van der Waals surface area (Å²) in [6, 6.07) is 9.93. The van der Waals surface area contributed by atoms with Gasteiger partial charge in [-0.15, -0.1) is 10.2 Å². The SMILES string of the molecule is CC(C)(C)[C@H]1CN(C(=O)CCc2nnc(N)[nH]c2=O)C[C@@H](c2ccccc2)O1. The van der Waals surface area contributed by atoms with Crippen molar-refractivity contribution in [2.75, 3.05) is 18.8 Å². The molecule has 2 atom stereocenters. The van der Waals surface area contributed by atoms with E-state index in [-0.39, 0.29) is 48.0 Å². The summed E-state index contributed by atoms with van der Waals surface area (Å²) in [5.74, 6) is -0.0662. The second-order valence-corrected chi connectivity index (χ2v) is 8.17. The fourth-order valence-electron chi connectivity index (χ4n) is 3.21. The number of amides is 1. The van der Waals surface area contributed by atoms with Gasteiger partial charge in [0.25, 0.3) is 5.56 Å². The highest BCUT2D eigenvalue weighted by atomic mass is 16.5. The number of rotatable bonds is 4. The van der Waals surface area contributed by atoms with Crippen LogP contribution in [0.25, 0.3) is 0 Å². The summed E-state index contributed by atoms with van der Waals surface area (Å²) in [4.78, 5) is 29.0. The molecule has 1 amide bonds. The molecule has 1 aromatic heterocycles. The number of nitrogens with two attached hydrogens (primary N) is 1. The van der Waals surface area contributed by atoms with Gasteiger partial charge in [0.1, 0.15) is 11.8 Å². The number of H-pyrrole nitrogens is 1. The van der Waals surface area contributed by atoms with Crippen molar-refractivity contribution in [2.45, 2.75) is 45.8 Å². The van der Waals surface area contributed by atoms with Gasteiger partial charge in [0, 0.05) is 19.4 Å². The molecule has 0 aliphatic carbocycles. The largest absolute Gasteiger partial charge is 0.368 e. The highest BCUT2D eigenvalue weighted by molar-refractivity contribution is 5.76. The molecule has 8 nitrogen and oxygen atoms in total. The number of ether oxygens (including phenoxy) is 1. The van der Waals surface area contributed by atoms with Gasteiger partial charge < -0.3 is 15.4 Å². The minimum Gasteiger partial charge on any atom is -0.368 e. The highest BCUT2D eigenvalue weighted by Gasteiger charge is 2.37. The van der Waals surface area contributed by atoms with Crippen LogP contribution >= 0.6 is 0 Å². The molecule has 1 aliphatic rings. The van der Waals surface area contributed by atoms with Crippen molar-refractivity contribution in [3.8, 4) is 0 Å². The summed E-state index contributed by atoms with van der Waals surface area (Å²) in [6.45, 7) is 7.33. The first-order chi connectivity index (χ1) is 13.2. The van der Waals surface area contributed by atoms with Gasteiger partial charge in [-0.3, -0.25) is 14.6 Å². The summed E-state index contributed by atoms with van der Waals surface area (Å²) >= 11 is 0. The number of aryl methyl sites for hydroxylation is 1. The van der Waals surface area contributed by atoms with Crippen LogP contribution in [0.5, 0.6) is 0 Å². The molecule has 0 bridgehead atoms. The number of carbonyl (C=O) groups is 1. The second kappa shape index (κ2) is 8.10. The van der Waals surface area contributed by atoms with Gasteiger partial charge in [-0.1, -0.05) is 51.1 Å². The zero-order valence-electron chi connectivity index (χ0n) is 16.5. The Bertz CT molecular complexity index is 875. The normalized spacial score (nSPS) is 20.2. The summed E-state index contributed by atoms with van der Waals surface area (Å²) in [5.41, 5.74) is 6.16. The van der Waals surface area contributed by atoms with Gasteiger partial charge in [0.2, 0.25) is 11.9 Å². The molecule has 8 heteroatoms. The Balaban J connectivity index is 1.73.